The van der Waals surface area contributed by atoms with Crippen molar-refractivity contribution in [2.75, 3.05) is 13.2 Å². The van der Waals surface area contributed by atoms with Gasteiger partial charge in [-0.05, 0) is 0 Å². The van der Waals surface area contributed by atoms with E-state index in [1.807, 2.05) is 0 Å². The van der Waals surface area contributed by atoms with E-state index in [9.17, 15) is 0 Å². The van der Waals surface area contributed by atoms with E-state index in [1.165, 1.54) is 0 Å². The molecular weight excluding hydrogens is 196 g/mol. The fraction of sp³-hybridized carbons (Fsp3) is 1.00. The Morgan fingerprint density at radius 3 is 1.07 bits per heavy atom. The first-order valence-corrected chi connectivity index (χ1v) is 4.07. The quantitative estimate of drug-likeness (QED) is 0.236. The van der Waals surface area contributed by atoms with Crippen molar-refractivity contribution >= 4 is 0 Å². The van der Waals surface area contributed by atoms with Crippen LogP contribution in [0.4, 0.5) is 0 Å². The minimum absolute atomic E-state index is 0.792. The monoisotopic (exact) mass is 212 g/mol. The molecule has 0 heterocycles. The molecular formula is C7H16O7. The Bertz CT molecular complexity index is 137. The molecule has 86 valence electrons. The van der Waals surface area contributed by atoms with Crippen molar-refractivity contribution in [3.8, 4) is 0 Å². The Morgan fingerprint density at radius 2 is 0.857 bits per heavy atom. The number of hydrogen-bond donors (Lipinski definition) is 7. The highest BCUT2D eigenvalue weighted by Gasteiger charge is 2.33. The van der Waals surface area contributed by atoms with E-state index in [-0.39, 0.29) is 0 Å². The second-order valence-electron chi connectivity index (χ2n) is 2.97. The van der Waals surface area contributed by atoms with E-state index in [2.05, 4.69) is 0 Å². The number of rotatable bonds is 6. The van der Waals surface area contributed by atoms with Crippen LogP contribution >= 0.6 is 0 Å². The van der Waals surface area contributed by atoms with Gasteiger partial charge in [-0.3, -0.25) is 0 Å². The van der Waals surface area contributed by atoms with E-state index in [0.29, 0.717) is 0 Å². The summed E-state index contributed by atoms with van der Waals surface area (Å²) in [5.74, 6) is 0. The zero-order chi connectivity index (χ0) is 11.3. The van der Waals surface area contributed by atoms with Crippen LogP contribution in [0, 0.1) is 0 Å². The van der Waals surface area contributed by atoms with Crippen LogP contribution in [0.3, 0.4) is 0 Å². The first-order chi connectivity index (χ1) is 6.45. The van der Waals surface area contributed by atoms with E-state index in [1.54, 1.807) is 0 Å². The van der Waals surface area contributed by atoms with Crippen LogP contribution in [0.25, 0.3) is 0 Å². The topological polar surface area (TPSA) is 142 Å². The fourth-order valence-corrected chi connectivity index (χ4v) is 0.873. The van der Waals surface area contributed by atoms with Crippen molar-refractivity contribution in [2.45, 2.75) is 30.5 Å². The molecule has 0 amide bonds. The predicted octanol–water partition coefficient (Wildman–Crippen LogP) is -4.22. The molecule has 0 fully saturated rings. The molecule has 0 bridgehead atoms. The largest absolute Gasteiger partial charge is 0.394 e. The SMILES string of the molecule is OCC(O)[C@H](O)[C@@H](O)[C@H](O)[C@H](O)CO. The minimum atomic E-state index is -1.85. The van der Waals surface area contributed by atoms with Crippen LogP contribution in [-0.2, 0) is 0 Å². The van der Waals surface area contributed by atoms with Gasteiger partial charge in [0.1, 0.15) is 30.5 Å². The average molecular weight is 212 g/mol. The summed E-state index contributed by atoms with van der Waals surface area (Å²) >= 11 is 0. The van der Waals surface area contributed by atoms with Crippen molar-refractivity contribution in [3.63, 3.8) is 0 Å². The summed E-state index contributed by atoms with van der Waals surface area (Å²) < 4.78 is 0. The van der Waals surface area contributed by atoms with Crippen molar-refractivity contribution in [1.29, 1.82) is 0 Å². The lowest BCUT2D eigenvalue weighted by Gasteiger charge is -2.27. The molecule has 7 heteroatoms. The van der Waals surface area contributed by atoms with Crippen molar-refractivity contribution < 1.29 is 35.7 Å². The van der Waals surface area contributed by atoms with E-state index in [4.69, 9.17) is 35.7 Å². The summed E-state index contributed by atoms with van der Waals surface area (Å²) in [7, 11) is 0. The zero-order valence-electron chi connectivity index (χ0n) is 7.43. The maximum atomic E-state index is 9.15. The molecule has 0 aliphatic carbocycles. The van der Waals surface area contributed by atoms with Gasteiger partial charge in [0, 0.05) is 0 Å². The Morgan fingerprint density at radius 1 is 0.571 bits per heavy atom. The summed E-state index contributed by atoms with van der Waals surface area (Å²) in [5, 5.41) is 61.9. The molecule has 14 heavy (non-hydrogen) atoms. The number of hydrogen-bond acceptors (Lipinski definition) is 7. The standard InChI is InChI=1S/C7H16O7/c8-1-3(10)5(12)7(14)6(13)4(11)2-9/h3-14H,1-2H2/t3-,4?,5-,6+,7+/m1/s1. The minimum Gasteiger partial charge on any atom is -0.394 e. The molecule has 0 saturated heterocycles. The van der Waals surface area contributed by atoms with Gasteiger partial charge < -0.3 is 35.7 Å². The molecule has 0 aromatic carbocycles. The first kappa shape index (κ1) is 13.7. The van der Waals surface area contributed by atoms with Gasteiger partial charge in [-0.25, -0.2) is 0 Å². The smallest absolute Gasteiger partial charge is 0.111 e. The lowest BCUT2D eigenvalue weighted by molar-refractivity contribution is -0.145. The molecule has 0 rings (SSSR count). The molecule has 0 aliphatic heterocycles. The second kappa shape index (κ2) is 6.25. The van der Waals surface area contributed by atoms with Gasteiger partial charge in [-0.15, -0.1) is 0 Å². The average Bonchev–Trinajstić information content (AvgIpc) is 2.23. The molecule has 0 spiro atoms. The lowest BCUT2D eigenvalue weighted by Crippen LogP contribution is -2.50. The Kier molecular flexibility index (Phi) is 6.12. The molecule has 5 atom stereocenters. The van der Waals surface area contributed by atoms with E-state index < -0.39 is 43.7 Å². The van der Waals surface area contributed by atoms with Gasteiger partial charge in [0.2, 0.25) is 0 Å². The van der Waals surface area contributed by atoms with Crippen LogP contribution < -0.4 is 0 Å². The third kappa shape index (κ3) is 3.46. The zero-order valence-corrected chi connectivity index (χ0v) is 7.43. The summed E-state index contributed by atoms with van der Waals surface area (Å²) in [4.78, 5) is 0. The Balaban J connectivity index is 4.22. The summed E-state index contributed by atoms with van der Waals surface area (Å²) in [6.07, 6.45) is -8.68. The van der Waals surface area contributed by atoms with Crippen molar-refractivity contribution in [1.82, 2.24) is 0 Å². The molecule has 7 N–H and O–H groups in total. The molecule has 0 aromatic rings. The van der Waals surface area contributed by atoms with E-state index in [0.717, 1.165) is 0 Å². The molecule has 1 unspecified atom stereocenters. The van der Waals surface area contributed by atoms with Crippen LogP contribution in [0.1, 0.15) is 0 Å². The van der Waals surface area contributed by atoms with Crippen LogP contribution in [0.2, 0.25) is 0 Å². The molecule has 0 aromatic heterocycles. The predicted molar refractivity (Wildman–Crippen MR) is 44.2 cm³/mol. The van der Waals surface area contributed by atoms with Gasteiger partial charge in [-0.2, -0.15) is 0 Å². The molecule has 0 saturated carbocycles. The Hall–Kier alpha value is -0.280. The third-order valence-electron chi connectivity index (χ3n) is 1.86. The van der Waals surface area contributed by atoms with Crippen LogP contribution in [0.5, 0.6) is 0 Å². The fourth-order valence-electron chi connectivity index (χ4n) is 0.873. The maximum Gasteiger partial charge on any atom is 0.111 e. The van der Waals surface area contributed by atoms with Crippen molar-refractivity contribution in [3.05, 3.63) is 0 Å². The van der Waals surface area contributed by atoms with Gasteiger partial charge in [0.05, 0.1) is 13.2 Å². The normalized spacial score (nSPS) is 22.5. The summed E-state index contributed by atoms with van der Waals surface area (Å²) in [6, 6.07) is 0. The van der Waals surface area contributed by atoms with Crippen molar-refractivity contribution in [2.24, 2.45) is 0 Å². The summed E-state index contributed by atoms with van der Waals surface area (Å²) in [6.45, 7) is -1.58. The van der Waals surface area contributed by atoms with Gasteiger partial charge in [0.25, 0.3) is 0 Å². The number of aliphatic hydroxyl groups is 7. The highest BCUT2D eigenvalue weighted by Crippen LogP contribution is 2.07. The van der Waals surface area contributed by atoms with Crippen LogP contribution in [-0.4, -0.2) is 79.5 Å². The lowest BCUT2D eigenvalue weighted by atomic mass is 10.00. The molecule has 0 aliphatic rings. The first-order valence-electron chi connectivity index (χ1n) is 4.07. The van der Waals surface area contributed by atoms with Gasteiger partial charge in [-0.1, -0.05) is 0 Å². The molecule has 0 radical (unpaired) electrons. The van der Waals surface area contributed by atoms with Gasteiger partial charge >= 0.3 is 0 Å². The van der Waals surface area contributed by atoms with Gasteiger partial charge in [0.15, 0.2) is 0 Å². The Labute approximate surface area is 80.5 Å². The highest BCUT2D eigenvalue weighted by molar-refractivity contribution is 4.84. The second-order valence-corrected chi connectivity index (χ2v) is 2.97. The summed E-state index contributed by atoms with van der Waals surface area (Å²) in [5.41, 5.74) is 0. The third-order valence-corrected chi connectivity index (χ3v) is 1.86. The maximum absolute atomic E-state index is 9.15. The van der Waals surface area contributed by atoms with E-state index >= 15 is 0 Å². The molecule has 7 nitrogen and oxygen atoms in total. The van der Waals surface area contributed by atoms with Crippen LogP contribution in [0.15, 0.2) is 0 Å². The highest BCUT2D eigenvalue weighted by atomic mass is 16.4. The number of aliphatic hydroxyl groups excluding tert-OH is 7.